The molecule has 0 aromatic heterocycles. The molecule has 0 unspecified atom stereocenters. The van der Waals surface area contributed by atoms with Gasteiger partial charge in [0.05, 0.1) is 12.0 Å². The zero-order chi connectivity index (χ0) is 16.3. The Labute approximate surface area is 141 Å². The van der Waals surface area contributed by atoms with Gasteiger partial charge < -0.3 is 10.4 Å². The molecule has 4 heteroatoms. The summed E-state index contributed by atoms with van der Waals surface area (Å²) >= 11 is 5.95. The van der Waals surface area contributed by atoms with Crippen molar-refractivity contribution in [3.8, 4) is 0 Å². The van der Waals surface area contributed by atoms with Gasteiger partial charge in [0.15, 0.2) is 0 Å². The van der Waals surface area contributed by atoms with Gasteiger partial charge in [-0.2, -0.15) is 0 Å². The summed E-state index contributed by atoms with van der Waals surface area (Å²) in [4.78, 5) is 12.8. The van der Waals surface area contributed by atoms with Gasteiger partial charge in [0.1, 0.15) is 0 Å². The lowest BCUT2D eigenvalue weighted by Gasteiger charge is -2.40. The van der Waals surface area contributed by atoms with Crippen molar-refractivity contribution in [2.45, 2.75) is 37.8 Å². The molecule has 1 saturated carbocycles. The van der Waals surface area contributed by atoms with Gasteiger partial charge in [-0.05, 0) is 41.7 Å². The summed E-state index contributed by atoms with van der Waals surface area (Å²) in [6.45, 7) is 0.416. The van der Waals surface area contributed by atoms with Gasteiger partial charge in [-0.3, -0.25) is 4.79 Å². The van der Waals surface area contributed by atoms with Crippen LogP contribution in [0.25, 0.3) is 0 Å². The van der Waals surface area contributed by atoms with Crippen molar-refractivity contribution in [3.63, 3.8) is 0 Å². The smallest absolute Gasteiger partial charge is 0.230 e. The minimum absolute atomic E-state index is 0.0195. The summed E-state index contributed by atoms with van der Waals surface area (Å²) in [5, 5.41) is 13.1. The highest BCUT2D eigenvalue weighted by molar-refractivity contribution is 6.30. The molecule has 3 nitrogen and oxygen atoms in total. The van der Waals surface area contributed by atoms with Crippen LogP contribution in [0.3, 0.4) is 0 Å². The highest BCUT2D eigenvalue weighted by Crippen LogP contribution is 2.44. The van der Waals surface area contributed by atoms with E-state index in [0.29, 0.717) is 11.6 Å². The summed E-state index contributed by atoms with van der Waals surface area (Å²) in [6, 6.07) is 15.2. The first-order chi connectivity index (χ1) is 11.2. The molecule has 23 heavy (non-hydrogen) atoms. The number of rotatable bonds is 5. The normalized spacial score (nSPS) is 15.7. The summed E-state index contributed by atoms with van der Waals surface area (Å²) in [5.74, 6) is 0.0545. The molecule has 0 atom stereocenters. The second kappa shape index (κ2) is 6.73. The zero-order valence-corrected chi connectivity index (χ0v) is 13.6. The second-order valence-electron chi connectivity index (χ2n) is 6.05. The molecule has 0 bridgehead atoms. The number of benzene rings is 2. The molecule has 120 valence electrons. The fraction of sp³-hybridized carbons (Fsp3) is 0.316. The first-order valence-electron chi connectivity index (χ1n) is 7.88. The van der Waals surface area contributed by atoms with E-state index in [1.54, 1.807) is 0 Å². The Morgan fingerprint density at radius 1 is 1.09 bits per heavy atom. The Balaban J connectivity index is 1.75. The first-order valence-corrected chi connectivity index (χ1v) is 8.25. The van der Waals surface area contributed by atoms with Crippen LogP contribution < -0.4 is 5.32 Å². The molecule has 1 aliphatic carbocycles. The second-order valence-corrected chi connectivity index (χ2v) is 6.49. The van der Waals surface area contributed by atoms with Gasteiger partial charge in [-0.1, -0.05) is 54.4 Å². The van der Waals surface area contributed by atoms with E-state index in [1.165, 1.54) is 0 Å². The molecule has 0 heterocycles. The van der Waals surface area contributed by atoms with Crippen LogP contribution in [-0.2, 0) is 23.4 Å². The average Bonchev–Trinajstić information content (AvgIpc) is 2.54. The first kappa shape index (κ1) is 16.0. The largest absolute Gasteiger partial charge is 0.392 e. The summed E-state index contributed by atoms with van der Waals surface area (Å²) in [7, 11) is 0. The number of carbonyl (C=O) groups excluding carboxylic acids is 1. The van der Waals surface area contributed by atoms with Crippen molar-refractivity contribution in [1.29, 1.82) is 0 Å². The molecule has 3 rings (SSSR count). The van der Waals surface area contributed by atoms with Gasteiger partial charge in [-0.15, -0.1) is 0 Å². The number of aliphatic hydroxyl groups excluding tert-OH is 1. The van der Waals surface area contributed by atoms with Crippen LogP contribution in [0.2, 0.25) is 5.02 Å². The maximum Gasteiger partial charge on any atom is 0.230 e. The maximum absolute atomic E-state index is 12.8. The molecule has 0 aliphatic heterocycles. The van der Waals surface area contributed by atoms with Crippen molar-refractivity contribution in [3.05, 3.63) is 70.2 Å². The molecule has 0 saturated heterocycles. The molecule has 2 aromatic carbocycles. The van der Waals surface area contributed by atoms with Crippen LogP contribution in [-0.4, -0.2) is 11.0 Å². The van der Waals surface area contributed by atoms with Gasteiger partial charge in [0.2, 0.25) is 5.91 Å². The molecule has 2 N–H and O–H groups in total. The predicted octanol–water partition coefficient (Wildman–Crippen LogP) is 3.57. The Hall–Kier alpha value is -1.84. The van der Waals surface area contributed by atoms with Crippen LogP contribution in [0, 0.1) is 0 Å². The third-order valence-corrected chi connectivity index (χ3v) is 5.02. The standard InChI is InChI=1S/C19H20ClNO2/c20-17-8-6-16(7-9-17)19(10-3-11-19)18(23)21-12-14-4-1-2-5-15(14)13-22/h1-2,4-9,22H,3,10-13H2,(H,21,23). The highest BCUT2D eigenvalue weighted by atomic mass is 35.5. The molecule has 1 amide bonds. The van der Waals surface area contributed by atoms with Gasteiger partial charge in [-0.25, -0.2) is 0 Å². The number of hydrogen-bond acceptors (Lipinski definition) is 2. The monoisotopic (exact) mass is 329 g/mol. The molecule has 1 fully saturated rings. The number of halogens is 1. The quantitative estimate of drug-likeness (QED) is 0.881. The lowest BCUT2D eigenvalue weighted by molar-refractivity contribution is -0.130. The number of amides is 1. The van der Waals surface area contributed by atoms with Crippen molar-refractivity contribution in [2.24, 2.45) is 0 Å². The van der Waals surface area contributed by atoms with Crippen molar-refractivity contribution < 1.29 is 9.90 Å². The summed E-state index contributed by atoms with van der Waals surface area (Å²) in [6.07, 6.45) is 2.79. The Morgan fingerprint density at radius 3 is 2.30 bits per heavy atom. The summed E-state index contributed by atoms with van der Waals surface area (Å²) < 4.78 is 0. The molecular weight excluding hydrogens is 310 g/mol. The van der Waals surface area contributed by atoms with Crippen LogP contribution in [0.5, 0.6) is 0 Å². The third kappa shape index (κ3) is 3.12. The number of hydrogen-bond donors (Lipinski definition) is 2. The molecule has 0 radical (unpaired) electrons. The number of carbonyl (C=O) groups is 1. The third-order valence-electron chi connectivity index (χ3n) is 4.77. The lowest BCUT2D eigenvalue weighted by Crippen LogP contribution is -2.49. The topological polar surface area (TPSA) is 49.3 Å². The summed E-state index contributed by atoms with van der Waals surface area (Å²) in [5.41, 5.74) is 2.40. The lowest BCUT2D eigenvalue weighted by atomic mass is 9.64. The average molecular weight is 330 g/mol. The maximum atomic E-state index is 12.8. The van der Waals surface area contributed by atoms with Crippen molar-refractivity contribution in [2.75, 3.05) is 0 Å². The van der Waals surface area contributed by atoms with Crippen LogP contribution in [0.15, 0.2) is 48.5 Å². The van der Waals surface area contributed by atoms with Crippen LogP contribution in [0.4, 0.5) is 0 Å². The highest BCUT2D eigenvalue weighted by Gasteiger charge is 2.45. The fourth-order valence-electron chi connectivity index (χ4n) is 3.17. The molecule has 2 aromatic rings. The number of aliphatic hydroxyl groups is 1. The van der Waals surface area contributed by atoms with E-state index in [0.717, 1.165) is 36.0 Å². The SMILES string of the molecule is O=C(NCc1ccccc1CO)C1(c2ccc(Cl)cc2)CCC1. The van der Waals surface area contributed by atoms with E-state index >= 15 is 0 Å². The van der Waals surface area contributed by atoms with E-state index in [1.807, 2.05) is 48.5 Å². The van der Waals surface area contributed by atoms with Crippen LogP contribution in [0.1, 0.15) is 36.0 Å². The van der Waals surface area contributed by atoms with E-state index in [-0.39, 0.29) is 12.5 Å². The Kier molecular flexibility index (Phi) is 4.69. The molecule has 0 spiro atoms. The number of nitrogens with one attached hydrogen (secondary N) is 1. The Morgan fingerprint density at radius 2 is 1.74 bits per heavy atom. The van der Waals surface area contributed by atoms with Gasteiger partial charge in [0, 0.05) is 11.6 Å². The molecular formula is C19H20ClNO2. The van der Waals surface area contributed by atoms with E-state index in [9.17, 15) is 9.90 Å². The van der Waals surface area contributed by atoms with E-state index in [2.05, 4.69) is 5.32 Å². The van der Waals surface area contributed by atoms with Crippen molar-refractivity contribution in [1.82, 2.24) is 5.32 Å². The van der Waals surface area contributed by atoms with Gasteiger partial charge >= 0.3 is 0 Å². The molecule has 1 aliphatic rings. The predicted molar refractivity (Wildman–Crippen MR) is 91.2 cm³/mol. The van der Waals surface area contributed by atoms with Crippen molar-refractivity contribution >= 4 is 17.5 Å². The zero-order valence-electron chi connectivity index (χ0n) is 12.9. The fourth-order valence-corrected chi connectivity index (χ4v) is 3.30. The van der Waals surface area contributed by atoms with Gasteiger partial charge in [0.25, 0.3) is 0 Å². The Bertz CT molecular complexity index is 693. The van der Waals surface area contributed by atoms with E-state index in [4.69, 9.17) is 11.6 Å². The minimum Gasteiger partial charge on any atom is -0.392 e. The van der Waals surface area contributed by atoms with Crippen LogP contribution >= 0.6 is 11.6 Å². The van der Waals surface area contributed by atoms with E-state index < -0.39 is 5.41 Å². The minimum atomic E-state index is -0.432.